The second kappa shape index (κ2) is 12.4. The number of methoxy groups -OCH3 is 1. The lowest BCUT2D eigenvalue weighted by Crippen LogP contribution is -2.45. The Labute approximate surface area is 245 Å². The highest BCUT2D eigenvalue weighted by Crippen LogP contribution is 2.27. The first-order valence-corrected chi connectivity index (χ1v) is 14.3. The van der Waals surface area contributed by atoms with Crippen molar-refractivity contribution < 1.29 is 19.4 Å². The number of phenolic OH excluding ortho intramolecular Hbond substituents is 1. The zero-order chi connectivity index (χ0) is 29.8. The van der Waals surface area contributed by atoms with E-state index < -0.39 is 17.9 Å². The van der Waals surface area contributed by atoms with Crippen molar-refractivity contribution in [2.24, 2.45) is 5.73 Å². The number of carbonyl (C=O) groups is 2. The van der Waals surface area contributed by atoms with Gasteiger partial charge in [-0.2, -0.15) is 5.26 Å². The molecule has 0 spiro atoms. The van der Waals surface area contributed by atoms with Crippen LogP contribution < -0.4 is 21.5 Å². The maximum atomic E-state index is 13.9. The summed E-state index contributed by atoms with van der Waals surface area (Å²) < 4.78 is 6.75. The van der Waals surface area contributed by atoms with E-state index in [1.54, 1.807) is 35.7 Å². The highest BCUT2D eigenvalue weighted by Gasteiger charge is 2.28. The van der Waals surface area contributed by atoms with Crippen LogP contribution in [0.3, 0.4) is 0 Å². The zero-order valence-electron chi connectivity index (χ0n) is 22.9. The Morgan fingerprint density at radius 1 is 1.26 bits per heavy atom. The van der Waals surface area contributed by atoms with E-state index in [0.717, 1.165) is 24.2 Å². The molecule has 0 radical (unpaired) electrons. The number of anilines is 1. The van der Waals surface area contributed by atoms with Crippen molar-refractivity contribution in [1.82, 2.24) is 14.9 Å². The lowest BCUT2D eigenvalue weighted by atomic mass is 10.1. The highest BCUT2D eigenvalue weighted by atomic mass is 32.1. The number of fused-ring (bicyclic) bond motifs is 1. The number of hydrogen-bond donors (Lipinski definition) is 3. The second-order valence-corrected chi connectivity index (χ2v) is 11.0. The summed E-state index contributed by atoms with van der Waals surface area (Å²) in [6.45, 7) is 1.25. The molecule has 216 valence electrons. The third kappa shape index (κ3) is 5.97. The van der Waals surface area contributed by atoms with Gasteiger partial charge in [-0.05, 0) is 42.2 Å². The summed E-state index contributed by atoms with van der Waals surface area (Å²) in [7, 11) is 1.24. The number of hydrogen-bond acceptors (Lipinski definition) is 10. The molecule has 2 aromatic heterocycles. The molecule has 1 fully saturated rings. The van der Waals surface area contributed by atoms with Gasteiger partial charge < -0.3 is 25.8 Å². The number of benzene rings is 2. The van der Waals surface area contributed by atoms with Crippen molar-refractivity contribution in [2.75, 3.05) is 25.1 Å². The van der Waals surface area contributed by atoms with Gasteiger partial charge in [-0.15, -0.1) is 11.3 Å². The molecular weight excluding hydrogens is 556 g/mol. The van der Waals surface area contributed by atoms with Crippen molar-refractivity contribution in [3.8, 4) is 11.8 Å². The van der Waals surface area contributed by atoms with E-state index in [2.05, 4.69) is 11.4 Å². The molecule has 4 N–H and O–H groups in total. The Kier molecular flexibility index (Phi) is 8.51. The number of aromatic nitrogens is 2. The number of nitrogens with one attached hydrogen (secondary N) is 1. The maximum Gasteiger partial charge on any atom is 0.328 e. The molecule has 42 heavy (non-hydrogen) atoms. The van der Waals surface area contributed by atoms with Crippen molar-refractivity contribution in [3.63, 3.8) is 0 Å². The van der Waals surface area contributed by atoms with Crippen LogP contribution in [0.4, 0.5) is 5.95 Å². The molecule has 5 rings (SSSR count). The fourth-order valence-electron chi connectivity index (χ4n) is 5.10. The Morgan fingerprint density at radius 2 is 2.02 bits per heavy atom. The molecule has 2 aromatic carbocycles. The molecule has 2 atom stereocenters. The molecule has 12 heteroatoms. The van der Waals surface area contributed by atoms with Crippen LogP contribution in [-0.2, 0) is 22.5 Å². The lowest BCUT2D eigenvalue weighted by molar-refractivity contribution is -0.142. The van der Waals surface area contributed by atoms with Crippen LogP contribution in [0.15, 0.2) is 58.7 Å². The minimum Gasteiger partial charge on any atom is -0.508 e. The standard InChI is InChI=1S/C30H30N6O5S/c1-41-29(40)24(13-18-8-10-22(37)11-9-18)33-27(38)23-17-42-26-25(23)34-30(35-12-4-7-21(32)16-35)36(28(26)39)15-20-6-3-2-5-19(20)14-31/h2-3,5-6,8-11,17,21,24,37H,4,7,12-13,15-16,32H2,1H3,(H,33,38). The van der Waals surface area contributed by atoms with Gasteiger partial charge in [0.15, 0.2) is 0 Å². The number of amides is 1. The molecule has 2 unspecified atom stereocenters. The SMILES string of the molecule is COC(=O)C(Cc1ccc(O)cc1)NC(=O)c1csc2c(=O)n(Cc3ccccc3C#N)c(N3CCCC(N)C3)nc12. The van der Waals surface area contributed by atoms with Gasteiger partial charge in [0.2, 0.25) is 5.95 Å². The van der Waals surface area contributed by atoms with Gasteiger partial charge in [-0.3, -0.25) is 14.2 Å². The van der Waals surface area contributed by atoms with Crippen LogP contribution in [0.5, 0.6) is 5.75 Å². The highest BCUT2D eigenvalue weighted by molar-refractivity contribution is 7.17. The molecule has 1 aliphatic heterocycles. The molecule has 1 saturated heterocycles. The molecule has 0 bridgehead atoms. The number of esters is 1. The predicted octanol–water partition coefficient (Wildman–Crippen LogP) is 2.53. The average molecular weight is 587 g/mol. The number of thiophene rings is 1. The number of rotatable bonds is 8. The average Bonchev–Trinajstić information content (AvgIpc) is 3.43. The monoisotopic (exact) mass is 586 g/mol. The smallest absolute Gasteiger partial charge is 0.328 e. The van der Waals surface area contributed by atoms with Crippen LogP contribution in [0, 0.1) is 11.3 Å². The Hall–Kier alpha value is -4.73. The largest absolute Gasteiger partial charge is 0.508 e. The first-order chi connectivity index (χ1) is 20.3. The van der Waals surface area contributed by atoms with Gasteiger partial charge in [0, 0.05) is 30.9 Å². The molecule has 0 saturated carbocycles. The quantitative estimate of drug-likeness (QED) is 0.263. The van der Waals surface area contributed by atoms with E-state index in [1.807, 2.05) is 11.0 Å². The third-order valence-corrected chi connectivity index (χ3v) is 8.23. The predicted molar refractivity (Wildman–Crippen MR) is 159 cm³/mol. The summed E-state index contributed by atoms with van der Waals surface area (Å²) in [6.07, 6.45) is 1.80. The lowest BCUT2D eigenvalue weighted by Gasteiger charge is -2.33. The summed E-state index contributed by atoms with van der Waals surface area (Å²) in [5, 5.41) is 23.5. The minimum atomic E-state index is -1.01. The van der Waals surface area contributed by atoms with E-state index in [4.69, 9.17) is 15.5 Å². The number of nitriles is 1. The van der Waals surface area contributed by atoms with E-state index in [9.17, 15) is 24.8 Å². The topological polar surface area (TPSA) is 164 Å². The second-order valence-electron chi connectivity index (χ2n) is 10.2. The van der Waals surface area contributed by atoms with Gasteiger partial charge in [0.25, 0.3) is 11.5 Å². The molecular formula is C30H30N6O5S. The maximum absolute atomic E-state index is 13.9. The minimum absolute atomic E-state index is 0.0838. The summed E-state index contributed by atoms with van der Waals surface area (Å²) in [6, 6.07) is 14.5. The summed E-state index contributed by atoms with van der Waals surface area (Å²) in [5.74, 6) is -0.751. The van der Waals surface area contributed by atoms with Crippen LogP contribution >= 0.6 is 11.3 Å². The van der Waals surface area contributed by atoms with Gasteiger partial charge in [0.05, 0.1) is 30.9 Å². The Bertz CT molecular complexity index is 1730. The number of piperidine rings is 1. The van der Waals surface area contributed by atoms with E-state index in [0.29, 0.717) is 35.7 Å². The van der Waals surface area contributed by atoms with Crippen LogP contribution in [0.2, 0.25) is 0 Å². The van der Waals surface area contributed by atoms with E-state index in [1.165, 1.54) is 23.8 Å². The van der Waals surface area contributed by atoms with E-state index >= 15 is 0 Å². The number of carbonyl (C=O) groups excluding carboxylic acids is 2. The summed E-state index contributed by atoms with van der Waals surface area (Å²) in [4.78, 5) is 46.8. The molecule has 1 amide bonds. The van der Waals surface area contributed by atoms with E-state index in [-0.39, 0.29) is 46.1 Å². The molecule has 3 heterocycles. The van der Waals surface area contributed by atoms with Crippen molar-refractivity contribution in [3.05, 3.63) is 86.5 Å². The van der Waals surface area contributed by atoms with Gasteiger partial charge in [0.1, 0.15) is 22.0 Å². The van der Waals surface area contributed by atoms with Gasteiger partial charge in [-0.25, -0.2) is 9.78 Å². The van der Waals surface area contributed by atoms with Crippen LogP contribution in [0.1, 0.15) is 39.9 Å². The number of nitrogens with two attached hydrogens (primary N) is 1. The number of nitrogens with zero attached hydrogens (tertiary/aromatic N) is 4. The zero-order valence-corrected chi connectivity index (χ0v) is 23.8. The third-order valence-electron chi connectivity index (χ3n) is 7.28. The summed E-state index contributed by atoms with van der Waals surface area (Å²) >= 11 is 1.10. The summed E-state index contributed by atoms with van der Waals surface area (Å²) in [5.41, 5.74) is 8.17. The normalized spacial score (nSPS) is 15.6. The van der Waals surface area contributed by atoms with Crippen LogP contribution in [-0.4, -0.2) is 58.8 Å². The molecule has 4 aromatic rings. The fourth-order valence-corrected chi connectivity index (χ4v) is 6.03. The van der Waals surface area contributed by atoms with Crippen molar-refractivity contribution in [2.45, 2.75) is 37.9 Å². The first-order valence-electron chi connectivity index (χ1n) is 13.5. The van der Waals surface area contributed by atoms with Gasteiger partial charge >= 0.3 is 5.97 Å². The Balaban J connectivity index is 1.54. The molecule has 1 aliphatic rings. The molecule has 11 nitrogen and oxygen atoms in total. The van der Waals surface area contributed by atoms with Crippen molar-refractivity contribution >= 4 is 39.4 Å². The number of aromatic hydroxyl groups is 1. The van der Waals surface area contributed by atoms with Gasteiger partial charge in [-0.1, -0.05) is 30.3 Å². The molecule has 0 aliphatic carbocycles. The number of ether oxygens (including phenoxy) is 1. The first kappa shape index (κ1) is 28.8. The van der Waals surface area contributed by atoms with Crippen molar-refractivity contribution in [1.29, 1.82) is 5.26 Å². The number of phenols is 1. The Morgan fingerprint density at radius 3 is 2.74 bits per heavy atom. The fraction of sp³-hybridized carbons (Fsp3) is 0.300. The van der Waals surface area contributed by atoms with Crippen LogP contribution in [0.25, 0.3) is 10.2 Å².